The standard InChI is InChI=1S/C12H21N3O/c1-10-14-9-11(15-10)7-5-3-2-4-6-8-12(13)16/h9H,2-8H2,1H3,(H2,13,16)(H,14,15). The number of rotatable bonds is 8. The molecule has 0 atom stereocenters. The Kier molecular flexibility index (Phi) is 5.61. The highest BCUT2D eigenvalue weighted by Gasteiger charge is 1.98. The molecule has 3 N–H and O–H groups in total. The third-order valence-corrected chi connectivity index (χ3v) is 2.62. The van der Waals surface area contributed by atoms with Crippen LogP contribution in [-0.2, 0) is 11.2 Å². The third-order valence-electron chi connectivity index (χ3n) is 2.62. The summed E-state index contributed by atoms with van der Waals surface area (Å²) < 4.78 is 0. The average molecular weight is 223 g/mol. The highest BCUT2D eigenvalue weighted by Crippen LogP contribution is 2.08. The number of carbonyl (C=O) groups excluding carboxylic acids is 1. The van der Waals surface area contributed by atoms with Gasteiger partial charge in [0.25, 0.3) is 0 Å². The summed E-state index contributed by atoms with van der Waals surface area (Å²) in [4.78, 5) is 17.9. The first kappa shape index (κ1) is 12.7. The number of amides is 1. The van der Waals surface area contributed by atoms with Crippen LogP contribution in [0.5, 0.6) is 0 Å². The van der Waals surface area contributed by atoms with Crippen LogP contribution < -0.4 is 5.73 Å². The number of imidazole rings is 1. The summed E-state index contributed by atoms with van der Waals surface area (Å²) in [5.74, 6) is 0.796. The molecule has 1 heterocycles. The molecule has 0 spiro atoms. The van der Waals surface area contributed by atoms with Crippen LogP contribution in [0.3, 0.4) is 0 Å². The van der Waals surface area contributed by atoms with E-state index in [4.69, 9.17) is 5.73 Å². The minimum atomic E-state index is -0.187. The molecule has 0 aliphatic carbocycles. The predicted octanol–water partition coefficient (Wildman–Crippen LogP) is 2.09. The number of primary amides is 1. The lowest BCUT2D eigenvalue weighted by atomic mass is 10.1. The number of carbonyl (C=O) groups is 1. The number of aromatic amines is 1. The van der Waals surface area contributed by atoms with Gasteiger partial charge in [-0.25, -0.2) is 4.98 Å². The lowest BCUT2D eigenvalue weighted by Crippen LogP contribution is -2.09. The first-order valence-corrected chi connectivity index (χ1v) is 5.97. The lowest BCUT2D eigenvalue weighted by molar-refractivity contribution is -0.118. The Morgan fingerprint density at radius 2 is 2.00 bits per heavy atom. The zero-order valence-electron chi connectivity index (χ0n) is 9.96. The Morgan fingerprint density at radius 3 is 2.62 bits per heavy atom. The van der Waals surface area contributed by atoms with Crippen LogP contribution in [0.1, 0.15) is 50.0 Å². The number of aryl methyl sites for hydroxylation is 2. The number of hydrogen-bond donors (Lipinski definition) is 2. The summed E-state index contributed by atoms with van der Waals surface area (Å²) in [6, 6.07) is 0. The predicted molar refractivity (Wildman–Crippen MR) is 63.9 cm³/mol. The van der Waals surface area contributed by atoms with Crippen LogP contribution in [0.2, 0.25) is 0 Å². The minimum absolute atomic E-state index is 0.187. The Morgan fingerprint density at radius 1 is 1.31 bits per heavy atom. The Bertz CT molecular complexity index is 320. The van der Waals surface area contributed by atoms with E-state index in [1.54, 1.807) is 0 Å². The van der Waals surface area contributed by atoms with Crippen molar-refractivity contribution in [2.75, 3.05) is 0 Å². The van der Waals surface area contributed by atoms with Crippen LogP contribution in [0.4, 0.5) is 0 Å². The van der Waals surface area contributed by atoms with Crippen molar-refractivity contribution in [1.29, 1.82) is 0 Å². The zero-order chi connectivity index (χ0) is 11.8. The van der Waals surface area contributed by atoms with Gasteiger partial charge < -0.3 is 10.7 Å². The summed E-state index contributed by atoms with van der Waals surface area (Å²) >= 11 is 0. The van der Waals surface area contributed by atoms with Gasteiger partial charge in [-0.2, -0.15) is 0 Å². The monoisotopic (exact) mass is 223 g/mol. The molecule has 0 aliphatic heterocycles. The topological polar surface area (TPSA) is 71.8 Å². The van der Waals surface area contributed by atoms with Gasteiger partial charge in [-0.15, -0.1) is 0 Å². The second-order valence-electron chi connectivity index (χ2n) is 4.23. The molecule has 0 bridgehead atoms. The number of nitrogens with two attached hydrogens (primary N) is 1. The van der Waals surface area contributed by atoms with Gasteiger partial charge in [0.05, 0.1) is 0 Å². The van der Waals surface area contributed by atoms with Crippen LogP contribution >= 0.6 is 0 Å². The van der Waals surface area contributed by atoms with E-state index < -0.39 is 0 Å². The maximum Gasteiger partial charge on any atom is 0.217 e. The van der Waals surface area contributed by atoms with E-state index in [0.717, 1.165) is 25.1 Å². The Balaban J connectivity index is 1.94. The number of unbranched alkanes of at least 4 members (excludes halogenated alkanes) is 4. The van der Waals surface area contributed by atoms with E-state index in [2.05, 4.69) is 9.97 Å². The minimum Gasteiger partial charge on any atom is -0.370 e. The first-order chi connectivity index (χ1) is 7.68. The molecule has 1 rings (SSSR count). The van der Waals surface area contributed by atoms with Crippen LogP contribution in [0.25, 0.3) is 0 Å². The number of nitrogens with one attached hydrogen (secondary N) is 1. The summed E-state index contributed by atoms with van der Waals surface area (Å²) in [5.41, 5.74) is 6.28. The van der Waals surface area contributed by atoms with Crippen LogP contribution in [-0.4, -0.2) is 15.9 Å². The molecule has 1 aromatic rings. The summed E-state index contributed by atoms with van der Waals surface area (Å²) in [6.45, 7) is 1.97. The van der Waals surface area contributed by atoms with Gasteiger partial charge in [-0.3, -0.25) is 4.79 Å². The lowest BCUT2D eigenvalue weighted by Gasteiger charge is -1.99. The van der Waals surface area contributed by atoms with Crippen molar-refractivity contribution in [3.63, 3.8) is 0 Å². The Labute approximate surface area is 96.6 Å². The Hall–Kier alpha value is -1.32. The van der Waals surface area contributed by atoms with Gasteiger partial charge in [-0.05, 0) is 26.2 Å². The SMILES string of the molecule is Cc1ncc(CCCCCCCC(N)=O)[nH]1. The van der Waals surface area contributed by atoms with E-state index in [1.807, 2.05) is 13.1 Å². The molecule has 16 heavy (non-hydrogen) atoms. The van der Waals surface area contributed by atoms with Gasteiger partial charge in [0.1, 0.15) is 5.82 Å². The largest absolute Gasteiger partial charge is 0.370 e. The molecule has 0 aliphatic rings. The van der Waals surface area contributed by atoms with Crippen molar-refractivity contribution in [2.24, 2.45) is 5.73 Å². The van der Waals surface area contributed by atoms with Crippen molar-refractivity contribution in [1.82, 2.24) is 9.97 Å². The van der Waals surface area contributed by atoms with E-state index in [0.29, 0.717) is 6.42 Å². The summed E-state index contributed by atoms with van der Waals surface area (Å²) in [7, 11) is 0. The van der Waals surface area contributed by atoms with Crippen molar-refractivity contribution >= 4 is 5.91 Å². The molecule has 90 valence electrons. The van der Waals surface area contributed by atoms with E-state index in [9.17, 15) is 4.79 Å². The molecule has 0 saturated carbocycles. The molecule has 1 aromatic heterocycles. The van der Waals surface area contributed by atoms with E-state index in [1.165, 1.54) is 25.0 Å². The summed E-state index contributed by atoms with van der Waals surface area (Å²) in [6.07, 6.45) is 9.09. The third kappa shape index (κ3) is 5.53. The molecule has 0 radical (unpaired) electrons. The van der Waals surface area contributed by atoms with Gasteiger partial charge in [0.2, 0.25) is 5.91 Å². The fraction of sp³-hybridized carbons (Fsp3) is 0.667. The van der Waals surface area contributed by atoms with Gasteiger partial charge >= 0.3 is 0 Å². The number of hydrogen-bond acceptors (Lipinski definition) is 2. The average Bonchev–Trinajstić information content (AvgIpc) is 2.62. The van der Waals surface area contributed by atoms with Gasteiger partial charge in [0, 0.05) is 18.3 Å². The van der Waals surface area contributed by atoms with E-state index in [-0.39, 0.29) is 5.91 Å². The van der Waals surface area contributed by atoms with Gasteiger partial charge in [0.15, 0.2) is 0 Å². The maximum atomic E-state index is 10.5. The fourth-order valence-electron chi connectivity index (χ4n) is 1.74. The van der Waals surface area contributed by atoms with Crippen molar-refractivity contribution in [3.05, 3.63) is 17.7 Å². The van der Waals surface area contributed by atoms with Crippen LogP contribution in [0, 0.1) is 6.92 Å². The van der Waals surface area contributed by atoms with Crippen molar-refractivity contribution < 1.29 is 4.79 Å². The first-order valence-electron chi connectivity index (χ1n) is 5.97. The zero-order valence-corrected chi connectivity index (χ0v) is 9.96. The van der Waals surface area contributed by atoms with Gasteiger partial charge in [-0.1, -0.05) is 19.3 Å². The molecule has 4 heteroatoms. The highest BCUT2D eigenvalue weighted by atomic mass is 16.1. The van der Waals surface area contributed by atoms with Crippen molar-refractivity contribution in [2.45, 2.75) is 51.9 Å². The molecule has 1 amide bonds. The molecular formula is C12H21N3O. The van der Waals surface area contributed by atoms with E-state index >= 15 is 0 Å². The second kappa shape index (κ2) is 7.04. The fourth-order valence-corrected chi connectivity index (χ4v) is 1.74. The quantitative estimate of drug-likeness (QED) is 0.662. The molecule has 0 fully saturated rings. The maximum absolute atomic E-state index is 10.5. The molecular weight excluding hydrogens is 202 g/mol. The van der Waals surface area contributed by atoms with Crippen molar-refractivity contribution in [3.8, 4) is 0 Å². The second-order valence-corrected chi connectivity index (χ2v) is 4.23. The number of nitrogens with zero attached hydrogens (tertiary/aromatic N) is 1. The highest BCUT2D eigenvalue weighted by molar-refractivity contribution is 5.73. The molecule has 0 aromatic carbocycles. The molecule has 4 nitrogen and oxygen atoms in total. The summed E-state index contributed by atoms with van der Waals surface area (Å²) in [5, 5.41) is 0. The normalized spacial score (nSPS) is 10.6. The number of H-pyrrole nitrogens is 1. The molecule has 0 saturated heterocycles. The van der Waals surface area contributed by atoms with Crippen LogP contribution in [0.15, 0.2) is 6.20 Å². The smallest absolute Gasteiger partial charge is 0.217 e. The number of aromatic nitrogens is 2. The molecule has 0 unspecified atom stereocenters.